The van der Waals surface area contributed by atoms with Gasteiger partial charge in [0.2, 0.25) is 5.13 Å². The first-order chi connectivity index (χ1) is 12.1. The standard InChI is InChI=1S/C17H13ClFN3O2S/c18-12-7-4-8-13(19)15(12)16(23)20-17-22-21-14(25-17)9-10-24-11-5-2-1-3-6-11/h1-8H,9-10H2,(H,20,22,23). The third-order valence-electron chi connectivity index (χ3n) is 3.20. The van der Waals surface area contributed by atoms with Crippen molar-refractivity contribution in [3.8, 4) is 5.75 Å². The smallest absolute Gasteiger partial charge is 0.261 e. The van der Waals surface area contributed by atoms with Gasteiger partial charge < -0.3 is 4.74 Å². The van der Waals surface area contributed by atoms with Gasteiger partial charge in [-0.3, -0.25) is 10.1 Å². The van der Waals surface area contributed by atoms with Crippen molar-refractivity contribution in [3.63, 3.8) is 0 Å². The van der Waals surface area contributed by atoms with Gasteiger partial charge in [-0.15, -0.1) is 10.2 Å². The Morgan fingerprint density at radius 2 is 1.96 bits per heavy atom. The molecule has 3 rings (SSSR count). The molecule has 1 amide bonds. The van der Waals surface area contributed by atoms with E-state index in [1.165, 1.54) is 29.5 Å². The summed E-state index contributed by atoms with van der Waals surface area (Å²) in [5.41, 5.74) is -0.215. The van der Waals surface area contributed by atoms with Crippen LogP contribution in [-0.2, 0) is 6.42 Å². The average Bonchev–Trinajstić information content (AvgIpc) is 3.03. The molecule has 1 aromatic heterocycles. The van der Waals surface area contributed by atoms with Gasteiger partial charge in [0.1, 0.15) is 16.6 Å². The molecule has 0 spiro atoms. The molecule has 0 aliphatic rings. The van der Waals surface area contributed by atoms with Crippen LogP contribution in [0.15, 0.2) is 48.5 Å². The van der Waals surface area contributed by atoms with Gasteiger partial charge in [0.25, 0.3) is 5.91 Å². The molecule has 25 heavy (non-hydrogen) atoms. The van der Waals surface area contributed by atoms with Crippen LogP contribution >= 0.6 is 22.9 Å². The number of para-hydroxylation sites is 1. The molecule has 0 saturated heterocycles. The van der Waals surface area contributed by atoms with Crippen molar-refractivity contribution in [2.75, 3.05) is 11.9 Å². The monoisotopic (exact) mass is 377 g/mol. The second kappa shape index (κ2) is 8.04. The van der Waals surface area contributed by atoms with Crippen molar-refractivity contribution in [2.24, 2.45) is 0 Å². The molecule has 0 bridgehead atoms. The summed E-state index contributed by atoms with van der Waals surface area (Å²) in [4.78, 5) is 12.1. The third kappa shape index (κ3) is 4.52. The molecule has 0 fully saturated rings. The highest BCUT2D eigenvalue weighted by Crippen LogP contribution is 2.22. The molecule has 0 unspecified atom stereocenters. The minimum atomic E-state index is -0.689. The molecule has 5 nitrogen and oxygen atoms in total. The summed E-state index contributed by atoms with van der Waals surface area (Å²) in [5, 5.41) is 11.4. The van der Waals surface area contributed by atoms with Gasteiger partial charge in [0, 0.05) is 6.42 Å². The average molecular weight is 378 g/mol. The predicted molar refractivity (Wildman–Crippen MR) is 94.9 cm³/mol. The van der Waals surface area contributed by atoms with Gasteiger partial charge in [-0.1, -0.05) is 47.2 Å². The number of carbonyl (C=O) groups is 1. The Labute approximate surface area is 152 Å². The maximum atomic E-state index is 13.7. The molecule has 0 aliphatic heterocycles. The first-order valence-electron chi connectivity index (χ1n) is 7.39. The highest BCUT2D eigenvalue weighted by molar-refractivity contribution is 7.15. The maximum absolute atomic E-state index is 13.7. The molecule has 2 aromatic carbocycles. The van der Waals surface area contributed by atoms with E-state index in [4.69, 9.17) is 16.3 Å². The van der Waals surface area contributed by atoms with Crippen molar-refractivity contribution in [1.82, 2.24) is 10.2 Å². The number of ether oxygens (including phenoxy) is 1. The second-order valence-corrected chi connectivity index (χ2v) is 6.43. The predicted octanol–water partition coefficient (Wildman–Crippen LogP) is 4.20. The summed E-state index contributed by atoms with van der Waals surface area (Å²) in [6, 6.07) is 13.5. The molecule has 8 heteroatoms. The Bertz CT molecular complexity index is 853. The highest BCUT2D eigenvalue weighted by Gasteiger charge is 2.17. The lowest BCUT2D eigenvalue weighted by Gasteiger charge is -2.04. The molecule has 0 aliphatic carbocycles. The maximum Gasteiger partial charge on any atom is 0.261 e. The number of halogens is 2. The van der Waals surface area contributed by atoms with Crippen LogP contribution in [0.1, 0.15) is 15.4 Å². The lowest BCUT2D eigenvalue weighted by molar-refractivity contribution is 0.102. The topological polar surface area (TPSA) is 64.1 Å². The quantitative estimate of drug-likeness (QED) is 0.699. The van der Waals surface area contributed by atoms with Crippen molar-refractivity contribution < 1.29 is 13.9 Å². The Morgan fingerprint density at radius 1 is 1.16 bits per heavy atom. The van der Waals surface area contributed by atoms with Crippen molar-refractivity contribution >= 4 is 34.0 Å². The van der Waals surface area contributed by atoms with Crippen LogP contribution in [0.25, 0.3) is 0 Å². The number of hydrogen-bond acceptors (Lipinski definition) is 5. The molecular formula is C17H13ClFN3O2S. The number of anilines is 1. The van der Waals surface area contributed by atoms with Crippen LogP contribution in [-0.4, -0.2) is 22.7 Å². The van der Waals surface area contributed by atoms with Gasteiger partial charge in [-0.05, 0) is 24.3 Å². The fraction of sp³-hybridized carbons (Fsp3) is 0.118. The summed E-state index contributed by atoms with van der Waals surface area (Å²) in [5.74, 6) is -0.577. The Kier molecular flexibility index (Phi) is 5.57. The minimum absolute atomic E-state index is 0.0403. The molecule has 3 aromatic rings. The fourth-order valence-corrected chi connectivity index (χ4v) is 3.02. The number of amides is 1. The van der Waals surface area contributed by atoms with E-state index in [2.05, 4.69) is 15.5 Å². The third-order valence-corrected chi connectivity index (χ3v) is 4.42. The van der Waals surface area contributed by atoms with Crippen LogP contribution in [0.2, 0.25) is 5.02 Å². The van der Waals surface area contributed by atoms with Crippen molar-refractivity contribution in [1.29, 1.82) is 0 Å². The normalized spacial score (nSPS) is 10.5. The van der Waals surface area contributed by atoms with E-state index in [9.17, 15) is 9.18 Å². The van der Waals surface area contributed by atoms with Gasteiger partial charge in [0.15, 0.2) is 0 Å². The number of nitrogens with one attached hydrogen (secondary N) is 1. The summed E-state index contributed by atoms with van der Waals surface area (Å²) >= 11 is 7.08. The van der Waals surface area contributed by atoms with Crippen LogP contribution in [0.4, 0.5) is 9.52 Å². The molecule has 0 radical (unpaired) electrons. The number of rotatable bonds is 6. The summed E-state index contributed by atoms with van der Waals surface area (Å²) in [7, 11) is 0. The Hall–Kier alpha value is -2.51. The molecular weight excluding hydrogens is 365 g/mol. The number of nitrogens with zero attached hydrogens (tertiary/aromatic N) is 2. The zero-order chi connectivity index (χ0) is 17.6. The van der Waals surface area contributed by atoms with Gasteiger partial charge in [0.05, 0.1) is 17.2 Å². The van der Waals surface area contributed by atoms with E-state index in [1.54, 1.807) is 0 Å². The van der Waals surface area contributed by atoms with E-state index >= 15 is 0 Å². The summed E-state index contributed by atoms with van der Waals surface area (Å²) in [6.07, 6.45) is 0.545. The first kappa shape index (κ1) is 17.3. The second-order valence-electron chi connectivity index (χ2n) is 4.96. The van der Waals surface area contributed by atoms with E-state index in [-0.39, 0.29) is 15.7 Å². The Balaban J connectivity index is 1.57. The minimum Gasteiger partial charge on any atom is -0.493 e. The van der Waals surface area contributed by atoms with E-state index in [0.717, 1.165) is 5.75 Å². The summed E-state index contributed by atoms with van der Waals surface area (Å²) in [6.45, 7) is 0.436. The van der Waals surface area contributed by atoms with E-state index in [1.807, 2.05) is 30.3 Å². The van der Waals surface area contributed by atoms with Crippen molar-refractivity contribution in [3.05, 3.63) is 69.9 Å². The van der Waals surface area contributed by atoms with Crippen LogP contribution in [0, 0.1) is 5.82 Å². The van der Waals surface area contributed by atoms with E-state index < -0.39 is 11.7 Å². The van der Waals surface area contributed by atoms with Crippen LogP contribution in [0.5, 0.6) is 5.75 Å². The zero-order valence-corrected chi connectivity index (χ0v) is 14.5. The first-order valence-corrected chi connectivity index (χ1v) is 8.58. The van der Waals surface area contributed by atoms with Gasteiger partial charge in [-0.2, -0.15) is 0 Å². The van der Waals surface area contributed by atoms with E-state index in [0.29, 0.717) is 18.0 Å². The molecule has 0 atom stereocenters. The lowest BCUT2D eigenvalue weighted by Crippen LogP contribution is -2.14. The Morgan fingerprint density at radius 3 is 2.72 bits per heavy atom. The fourth-order valence-electron chi connectivity index (χ4n) is 2.05. The number of carbonyl (C=O) groups excluding carboxylic acids is 1. The van der Waals surface area contributed by atoms with Gasteiger partial charge >= 0.3 is 0 Å². The molecule has 128 valence electrons. The zero-order valence-electron chi connectivity index (χ0n) is 12.9. The number of aromatic nitrogens is 2. The highest BCUT2D eigenvalue weighted by atomic mass is 35.5. The van der Waals surface area contributed by atoms with Crippen molar-refractivity contribution in [2.45, 2.75) is 6.42 Å². The molecule has 1 heterocycles. The number of benzene rings is 2. The SMILES string of the molecule is O=C(Nc1nnc(CCOc2ccccc2)s1)c1c(F)cccc1Cl. The summed E-state index contributed by atoms with van der Waals surface area (Å²) < 4.78 is 19.3. The largest absolute Gasteiger partial charge is 0.493 e. The van der Waals surface area contributed by atoms with Gasteiger partial charge in [-0.25, -0.2) is 4.39 Å². The van der Waals surface area contributed by atoms with Crippen LogP contribution in [0.3, 0.4) is 0 Å². The van der Waals surface area contributed by atoms with Crippen LogP contribution < -0.4 is 10.1 Å². The number of hydrogen-bond donors (Lipinski definition) is 1. The lowest BCUT2D eigenvalue weighted by atomic mass is 10.2. The molecule has 1 N–H and O–H groups in total. The molecule has 0 saturated carbocycles.